The fraction of sp³-hybridized carbons (Fsp3) is 0.647. The number of carbonyl (C=O) groups excluding carboxylic acids is 2. The van der Waals surface area contributed by atoms with Crippen LogP contribution in [0.25, 0.3) is 0 Å². The van der Waals surface area contributed by atoms with Gasteiger partial charge in [-0.25, -0.2) is 9.59 Å². The normalized spacial score (nSPS) is 39.6. The molecule has 4 aliphatic rings. The quantitative estimate of drug-likeness (QED) is 0.577. The number of esters is 2. The van der Waals surface area contributed by atoms with Crippen molar-refractivity contribution in [3.8, 4) is 0 Å². The number of ether oxygens (including phenoxy) is 2. The Hall–Kier alpha value is -1.58. The molecule has 4 heteroatoms. The van der Waals surface area contributed by atoms with Gasteiger partial charge >= 0.3 is 11.9 Å². The van der Waals surface area contributed by atoms with Gasteiger partial charge in [-0.2, -0.15) is 0 Å². The minimum Gasteiger partial charge on any atom is -0.462 e. The first-order valence-electron chi connectivity index (χ1n) is 7.63. The Bertz CT molecular complexity index is 479. The van der Waals surface area contributed by atoms with E-state index in [-0.39, 0.29) is 23.0 Å². The van der Waals surface area contributed by atoms with E-state index in [1.165, 1.54) is 18.6 Å². The third-order valence-electron chi connectivity index (χ3n) is 5.30. The van der Waals surface area contributed by atoms with Crippen molar-refractivity contribution in [2.24, 2.45) is 17.3 Å². The van der Waals surface area contributed by atoms with Gasteiger partial charge in [-0.15, -0.1) is 0 Å². The summed E-state index contributed by atoms with van der Waals surface area (Å²) < 4.78 is 11.1. The first-order chi connectivity index (χ1) is 9.98. The van der Waals surface area contributed by atoms with Crippen LogP contribution in [0.15, 0.2) is 25.3 Å². The number of carbonyl (C=O) groups is 2. The number of hydrogen-bond donors (Lipinski definition) is 0. The van der Waals surface area contributed by atoms with Gasteiger partial charge in [0, 0.05) is 17.6 Å². The molecule has 0 saturated heterocycles. The summed E-state index contributed by atoms with van der Waals surface area (Å²) in [6.45, 7) is 7.34. The maximum atomic E-state index is 11.7. The molecule has 0 aliphatic heterocycles. The standard InChI is InChI=1S/C17H22O4/c1-3-14(18)20-11-16-6-12-5-13(7-16)9-17(8-12,10-16)21-15(19)4-2/h3-4,12-13H,1-2,5-11H2. The molecule has 0 radical (unpaired) electrons. The van der Waals surface area contributed by atoms with Crippen LogP contribution in [-0.2, 0) is 19.1 Å². The van der Waals surface area contributed by atoms with Crippen LogP contribution in [0.5, 0.6) is 0 Å². The van der Waals surface area contributed by atoms with Gasteiger partial charge in [0.1, 0.15) is 5.60 Å². The molecular formula is C17H22O4. The minimum atomic E-state index is -0.372. The maximum Gasteiger partial charge on any atom is 0.330 e. The van der Waals surface area contributed by atoms with E-state index in [1.54, 1.807) is 0 Å². The monoisotopic (exact) mass is 290 g/mol. The smallest absolute Gasteiger partial charge is 0.330 e. The predicted octanol–water partition coefficient (Wildman–Crippen LogP) is 2.78. The topological polar surface area (TPSA) is 52.6 Å². The molecule has 114 valence electrons. The van der Waals surface area contributed by atoms with E-state index < -0.39 is 0 Å². The SMILES string of the molecule is C=CC(=O)OCC12CC3CC(C1)CC(OC(=O)C=C)(C3)C2. The van der Waals surface area contributed by atoms with Gasteiger partial charge in [-0.05, 0) is 50.4 Å². The highest BCUT2D eigenvalue weighted by Gasteiger charge is 2.59. The van der Waals surface area contributed by atoms with E-state index in [4.69, 9.17) is 9.47 Å². The summed E-state index contributed by atoms with van der Waals surface area (Å²) in [6, 6.07) is 0. The van der Waals surface area contributed by atoms with Crippen molar-refractivity contribution in [1.29, 1.82) is 0 Å². The molecule has 0 heterocycles. The summed E-state index contributed by atoms with van der Waals surface area (Å²) in [4.78, 5) is 23.0. The zero-order valence-corrected chi connectivity index (χ0v) is 12.3. The Morgan fingerprint density at radius 3 is 2.24 bits per heavy atom. The van der Waals surface area contributed by atoms with Crippen molar-refractivity contribution in [3.63, 3.8) is 0 Å². The fourth-order valence-corrected chi connectivity index (χ4v) is 5.19. The summed E-state index contributed by atoms with van der Waals surface area (Å²) in [5.74, 6) is 0.440. The van der Waals surface area contributed by atoms with E-state index in [2.05, 4.69) is 13.2 Å². The van der Waals surface area contributed by atoms with Crippen LogP contribution in [0.2, 0.25) is 0 Å². The number of hydrogen-bond acceptors (Lipinski definition) is 4. The lowest BCUT2D eigenvalue weighted by Crippen LogP contribution is -2.58. The summed E-state index contributed by atoms with van der Waals surface area (Å²) in [6.07, 6.45) is 8.49. The number of rotatable bonds is 5. The first-order valence-corrected chi connectivity index (χ1v) is 7.63. The van der Waals surface area contributed by atoms with Crippen molar-refractivity contribution >= 4 is 11.9 Å². The average Bonchev–Trinajstić information content (AvgIpc) is 2.42. The Morgan fingerprint density at radius 1 is 1.05 bits per heavy atom. The van der Waals surface area contributed by atoms with Gasteiger partial charge in [-0.3, -0.25) is 0 Å². The van der Waals surface area contributed by atoms with Gasteiger partial charge in [0.25, 0.3) is 0 Å². The Morgan fingerprint density at radius 2 is 1.67 bits per heavy atom. The van der Waals surface area contributed by atoms with Gasteiger partial charge in [0.15, 0.2) is 0 Å². The molecule has 2 unspecified atom stereocenters. The van der Waals surface area contributed by atoms with Crippen molar-refractivity contribution < 1.29 is 19.1 Å². The molecule has 0 amide bonds. The van der Waals surface area contributed by atoms with Crippen molar-refractivity contribution in [2.45, 2.75) is 44.1 Å². The van der Waals surface area contributed by atoms with Crippen LogP contribution >= 0.6 is 0 Å². The van der Waals surface area contributed by atoms with Crippen LogP contribution in [-0.4, -0.2) is 24.1 Å². The van der Waals surface area contributed by atoms with Gasteiger partial charge in [0.05, 0.1) is 6.61 Å². The third kappa shape index (κ3) is 2.63. The van der Waals surface area contributed by atoms with Crippen molar-refractivity contribution in [3.05, 3.63) is 25.3 Å². The lowest BCUT2D eigenvalue weighted by atomic mass is 9.48. The highest BCUT2D eigenvalue weighted by Crippen LogP contribution is 2.62. The molecule has 4 bridgehead atoms. The van der Waals surface area contributed by atoms with E-state index in [0.717, 1.165) is 32.1 Å². The molecular weight excluding hydrogens is 268 g/mol. The summed E-state index contributed by atoms with van der Waals surface area (Å²) in [5, 5.41) is 0. The van der Waals surface area contributed by atoms with Crippen molar-refractivity contribution in [1.82, 2.24) is 0 Å². The second-order valence-corrected chi connectivity index (χ2v) is 7.08. The Balaban J connectivity index is 1.77. The average molecular weight is 290 g/mol. The van der Waals surface area contributed by atoms with Crippen LogP contribution in [0.1, 0.15) is 38.5 Å². The molecule has 4 saturated carbocycles. The zero-order valence-electron chi connectivity index (χ0n) is 12.3. The summed E-state index contributed by atoms with van der Waals surface area (Å²) in [5.41, 5.74) is -0.389. The van der Waals surface area contributed by atoms with Gasteiger partial charge in [-0.1, -0.05) is 13.2 Å². The van der Waals surface area contributed by atoms with E-state index in [0.29, 0.717) is 18.4 Å². The molecule has 0 aromatic carbocycles. The van der Waals surface area contributed by atoms with Crippen LogP contribution < -0.4 is 0 Å². The molecule has 0 spiro atoms. The second-order valence-electron chi connectivity index (χ2n) is 7.08. The fourth-order valence-electron chi connectivity index (χ4n) is 5.19. The Kier molecular flexibility index (Phi) is 3.42. The summed E-state index contributed by atoms with van der Waals surface area (Å²) >= 11 is 0. The minimum absolute atomic E-state index is 0.0236. The molecule has 2 atom stereocenters. The van der Waals surface area contributed by atoms with Crippen molar-refractivity contribution in [2.75, 3.05) is 6.61 Å². The molecule has 0 aromatic heterocycles. The molecule has 0 N–H and O–H groups in total. The lowest BCUT2D eigenvalue weighted by Gasteiger charge is -2.60. The van der Waals surface area contributed by atoms with E-state index >= 15 is 0 Å². The Labute approximate surface area is 125 Å². The molecule has 21 heavy (non-hydrogen) atoms. The molecule has 0 aromatic rings. The predicted molar refractivity (Wildman–Crippen MR) is 77.3 cm³/mol. The zero-order chi connectivity index (χ0) is 15.1. The van der Waals surface area contributed by atoms with Crippen LogP contribution in [0.3, 0.4) is 0 Å². The highest BCUT2D eigenvalue weighted by atomic mass is 16.6. The molecule has 4 aliphatic carbocycles. The van der Waals surface area contributed by atoms with E-state index in [9.17, 15) is 9.59 Å². The highest BCUT2D eigenvalue weighted by molar-refractivity contribution is 5.82. The molecule has 4 nitrogen and oxygen atoms in total. The molecule has 4 fully saturated rings. The van der Waals surface area contributed by atoms with Crippen LogP contribution in [0.4, 0.5) is 0 Å². The third-order valence-corrected chi connectivity index (χ3v) is 5.30. The van der Waals surface area contributed by atoms with Gasteiger partial charge in [0.2, 0.25) is 0 Å². The van der Waals surface area contributed by atoms with E-state index in [1.807, 2.05) is 0 Å². The largest absolute Gasteiger partial charge is 0.462 e. The molecule has 4 rings (SSSR count). The first kappa shape index (κ1) is 14.4. The second kappa shape index (κ2) is 5.00. The summed E-state index contributed by atoms with van der Waals surface area (Å²) in [7, 11) is 0. The van der Waals surface area contributed by atoms with Crippen LogP contribution in [0, 0.1) is 17.3 Å². The van der Waals surface area contributed by atoms with Gasteiger partial charge < -0.3 is 9.47 Å². The lowest BCUT2D eigenvalue weighted by molar-refractivity contribution is -0.206. The maximum absolute atomic E-state index is 11.7.